The highest BCUT2D eigenvalue weighted by Gasteiger charge is 2.18. The number of hydrogen-bond acceptors (Lipinski definition) is 9. The van der Waals surface area contributed by atoms with Crippen molar-refractivity contribution in [2.45, 2.75) is 53.6 Å². The Kier molecular flexibility index (Phi) is 7.53. The molecule has 0 radical (unpaired) electrons. The lowest BCUT2D eigenvalue weighted by Crippen LogP contribution is -2.36. The molecule has 0 N–H and O–H groups in total. The van der Waals surface area contributed by atoms with Gasteiger partial charge in [-0.25, -0.2) is 0 Å². The normalized spacial score (nSPS) is 11.9. The minimum atomic E-state index is 0.331. The Bertz CT molecular complexity index is 1140. The summed E-state index contributed by atoms with van der Waals surface area (Å²) in [7, 11) is 0. The van der Waals surface area contributed by atoms with Crippen molar-refractivity contribution in [2.75, 3.05) is 4.90 Å². The number of aryl methyl sites for hydroxylation is 2. The van der Waals surface area contributed by atoms with Crippen LogP contribution < -0.4 is 4.90 Å². The lowest BCUT2D eigenvalue weighted by Gasteiger charge is -2.29. The third-order valence-corrected chi connectivity index (χ3v) is 5.62. The zero-order valence-electron chi connectivity index (χ0n) is 19.3. The molecule has 0 aliphatic heterocycles. The standard InChI is InChI=1S/C23H28N8S/c1-14(2)31(15(3)4)23-30-29-22(32-23)28-27-21-11-9-19(13-17(21)6)25-26-20-10-8-18(24-7)12-16(20)5/h8-15H,7H2,1-6H3/b26-25+,28-27+. The number of aromatic nitrogens is 2. The zero-order valence-corrected chi connectivity index (χ0v) is 20.1. The Hall–Kier alpha value is -3.33. The molecule has 9 heteroatoms. The number of azo groups is 2. The second-order valence-corrected chi connectivity index (χ2v) is 8.90. The number of aliphatic imine (C=N–C) groups is 1. The first kappa shape index (κ1) is 23.3. The van der Waals surface area contributed by atoms with Crippen LogP contribution in [0.4, 0.5) is 33.0 Å². The minimum absolute atomic E-state index is 0.331. The molecule has 0 bridgehead atoms. The van der Waals surface area contributed by atoms with Gasteiger partial charge in [0.15, 0.2) is 0 Å². The smallest absolute Gasteiger partial charge is 0.253 e. The lowest BCUT2D eigenvalue weighted by atomic mass is 10.2. The van der Waals surface area contributed by atoms with Crippen LogP contribution in [0, 0.1) is 13.8 Å². The van der Waals surface area contributed by atoms with Gasteiger partial charge in [-0.1, -0.05) is 11.3 Å². The van der Waals surface area contributed by atoms with Crippen molar-refractivity contribution >= 4 is 51.1 Å². The molecular formula is C23H28N8S. The molecule has 1 aromatic heterocycles. The number of hydrogen-bond donors (Lipinski definition) is 0. The van der Waals surface area contributed by atoms with Crippen molar-refractivity contribution in [3.63, 3.8) is 0 Å². The maximum absolute atomic E-state index is 4.36. The van der Waals surface area contributed by atoms with Gasteiger partial charge in [-0.05, 0) is 95.8 Å². The van der Waals surface area contributed by atoms with Gasteiger partial charge in [0.2, 0.25) is 5.13 Å². The van der Waals surface area contributed by atoms with E-state index in [0.29, 0.717) is 17.2 Å². The Labute approximate surface area is 192 Å². The molecule has 0 aliphatic rings. The summed E-state index contributed by atoms with van der Waals surface area (Å²) in [6.07, 6.45) is 0. The van der Waals surface area contributed by atoms with E-state index in [-0.39, 0.29) is 0 Å². The Balaban J connectivity index is 1.73. The average Bonchev–Trinajstić information content (AvgIpc) is 3.19. The predicted octanol–water partition coefficient (Wildman–Crippen LogP) is 7.94. The van der Waals surface area contributed by atoms with E-state index in [1.165, 1.54) is 11.3 Å². The van der Waals surface area contributed by atoms with E-state index < -0.39 is 0 Å². The molecule has 32 heavy (non-hydrogen) atoms. The number of anilines is 1. The molecule has 3 rings (SSSR count). The fraction of sp³-hybridized carbons (Fsp3) is 0.348. The van der Waals surface area contributed by atoms with Crippen LogP contribution in [0.1, 0.15) is 38.8 Å². The molecule has 0 saturated heterocycles. The molecule has 0 amide bonds. The van der Waals surface area contributed by atoms with E-state index >= 15 is 0 Å². The van der Waals surface area contributed by atoms with Crippen molar-refractivity contribution in [1.29, 1.82) is 0 Å². The lowest BCUT2D eigenvalue weighted by molar-refractivity contribution is 0.603. The van der Waals surface area contributed by atoms with Gasteiger partial charge in [-0.3, -0.25) is 4.99 Å². The van der Waals surface area contributed by atoms with Crippen LogP contribution in [-0.4, -0.2) is 29.0 Å². The fourth-order valence-electron chi connectivity index (χ4n) is 3.26. The highest BCUT2D eigenvalue weighted by Crippen LogP contribution is 2.32. The first-order valence-electron chi connectivity index (χ1n) is 10.4. The van der Waals surface area contributed by atoms with Crippen LogP contribution in [0.5, 0.6) is 0 Å². The van der Waals surface area contributed by atoms with Gasteiger partial charge in [0, 0.05) is 12.1 Å². The van der Waals surface area contributed by atoms with Gasteiger partial charge >= 0.3 is 0 Å². The van der Waals surface area contributed by atoms with Crippen molar-refractivity contribution < 1.29 is 0 Å². The summed E-state index contributed by atoms with van der Waals surface area (Å²) in [6, 6.07) is 12.0. The molecular weight excluding hydrogens is 420 g/mol. The van der Waals surface area contributed by atoms with Crippen LogP contribution >= 0.6 is 11.3 Å². The van der Waals surface area contributed by atoms with E-state index in [4.69, 9.17) is 0 Å². The molecule has 2 aromatic carbocycles. The maximum Gasteiger partial charge on any atom is 0.253 e. The monoisotopic (exact) mass is 448 g/mol. The highest BCUT2D eigenvalue weighted by molar-refractivity contribution is 7.18. The molecule has 0 aliphatic carbocycles. The summed E-state index contributed by atoms with van der Waals surface area (Å²) >= 11 is 1.43. The van der Waals surface area contributed by atoms with Crippen molar-refractivity contribution in [3.8, 4) is 0 Å². The van der Waals surface area contributed by atoms with E-state index in [1.807, 2.05) is 50.2 Å². The molecule has 3 aromatic rings. The summed E-state index contributed by atoms with van der Waals surface area (Å²) in [5, 5.41) is 27.2. The van der Waals surface area contributed by atoms with Crippen LogP contribution in [0.15, 0.2) is 61.8 Å². The third-order valence-electron chi connectivity index (χ3n) is 4.80. The topological polar surface area (TPSA) is 90.8 Å². The molecule has 0 unspecified atom stereocenters. The summed E-state index contributed by atoms with van der Waals surface area (Å²) in [6.45, 7) is 16.0. The minimum Gasteiger partial charge on any atom is -0.342 e. The van der Waals surface area contributed by atoms with Crippen LogP contribution in [0.2, 0.25) is 0 Å². The van der Waals surface area contributed by atoms with Gasteiger partial charge in [-0.15, -0.1) is 20.4 Å². The Morgan fingerprint density at radius 1 is 0.781 bits per heavy atom. The van der Waals surface area contributed by atoms with Crippen LogP contribution in [0.3, 0.4) is 0 Å². The van der Waals surface area contributed by atoms with E-state index in [1.54, 1.807) is 0 Å². The van der Waals surface area contributed by atoms with Gasteiger partial charge in [-0.2, -0.15) is 10.2 Å². The van der Waals surface area contributed by atoms with Crippen molar-refractivity contribution in [2.24, 2.45) is 25.4 Å². The average molecular weight is 449 g/mol. The predicted molar refractivity (Wildman–Crippen MR) is 133 cm³/mol. The quantitative estimate of drug-likeness (QED) is 0.259. The molecule has 0 spiro atoms. The largest absolute Gasteiger partial charge is 0.342 e. The molecule has 1 heterocycles. The summed E-state index contributed by atoms with van der Waals surface area (Å²) < 4.78 is 0. The van der Waals surface area contributed by atoms with E-state index in [9.17, 15) is 0 Å². The Morgan fingerprint density at radius 3 is 1.91 bits per heavy atom. The molecule has 0 fully saturated rings. The van der Waals surface area contributed by atoms with Crippen LogP contribution in [0.25, 0.3) is 0 Å². The third kappa shape index (κ3) is 5.67. The molecule has 0 atom stereocenters. The Morgan fingerprint density at radius 2 is 1.34 bits per heavy atom. The van der Waals surface area contributed by atoms with Crippen molar-refractivity contribution in [1.82, 2.24) is 10.2 Å². The van der Waals surface area contributed by atoms with E-state index in [0.717, 1.165) is 39.0 Å². The van der Waals surface area contributed by atoms with Gasteiger partial charge in [0.1, 0.15) is 0 Å². The number of rotatable bonds is 8. The van der Waals surface area contributed by atoms with Gasteiger partial charge < -0.3 is 4.90 Å². The number of benzene rings is 2. The maximum atomic E-state index is 4.36. The van der Waals surface area contributed by atoms with Gasteiger partial charge in [0.25, 0.3) is 5.13 Å². The first-order chi connectivity index (χ1) is 15.3. The second-order valence-electron chi connectivity index (χ2n) is 7.96. The SMILES string of the molecule is C=Nc1ccc(/N=N/c2ccc(/N=N/c3nnc(N(C(C)C)C(C)C)s3)c(C)c2)c(C)c1. The summed E-state index contributed by atoms with van der Waals surface area (Å²) in [5.41, 5.74) is 5.05. The van der Waals surface area contributed by atoms with Crippen molar-refractivity contribution in [3.05, 3.63) is 47.5 Å². The fourth-order valence-corrected chi connectivity index (χ4v) is 4.20. The zero-order chi connectivity index (χ0) is 23.3. The second kappa shape index (κ2) is 10.3. The van der Waals surface area contributed by atoms with Crippen LogP contribution in [-0.2, 0) is 0 Å². The van der Waals surface area contributed by atoms with E-state index in [2.05, 4.69) is 75.0 Å². The number of nitrogens with zero attached hydrogens (tertiary/aromatic N) is 8. The first-order valence-corrected chi connectivity index (χ1v) is 11.2. The molecule has 166 valence electrons. The van der Waals surface area contributed by atoms with Gasteiger partial charge in [0.05, 0.1) is 22.7 Å². The summed E-state index contributed by atoms with van der Waals surface area (Å²) in [4.78, 5) is 6.14. The molecule has 0 saturated carbocycles. The summed E-state index contributed by atoms with van der Waals surface area (Å²) in [5.74, 6) is 0. The highest BCUT2D eigenvalue weighted by atomic mass is 32.1. The molecule has 8 nitrogen and oxygen atoms in total.